The molecule has 0 aliphatic heterocycles. The SMILES string of the molecule is CC(C)c1ccc(CNCCCOc2ccccn2)cc1.Cl. The van der Waals surface area contributed by atoms with Gasteiger partial charge in [0.05, 0.1) is 6.61 Å². The van der Waals surface area contributed by atoms with E-state index in [1.54, 1.807) is 6.20 Å². The van der Waals surface area contributed by atoms with Gasteiger partial charge in [-0.15, -0.1) is 12.4 Å². The minimum absolute atomic E-state index is 0. The van der Waals surface area contributed by atoms with Gasteiger partial charge in [0, 0.05) is 18.8 Å². The van der Waals surface area contributed by atoms with Crippen molar-refractivity contribution in [1.29, 1.82) is 0 Å². The molecule has 0 bridgehead atoms. The van der Waals surface area contributed by atoms with E-state index in [0.717, 1.165) is 19.5 Å². The van der Waals surface area contributed by atoms with Crippen LogP contribution in [0, 0.1) is 0 Å². The van der Waals surface area contributed by atoms with Crippen LogP contribution in [-0.4, -0.2) is 18.1 Å². The van der Waals surface area contributed by atoms with Crippen molar-refractivity contribution in [2.75, 3.05) is 13.2 Å². The van der Waals surface area contributed by atoms with Crippen LogP contribution in [0.4, 0.5) is 0 Å². The van der Waals surface area contributed by atoms with E-state index in [1.807, 2.05) is 18.2 Å². The van der Waals surface area contributed by atoms with Crippen LogP contribution in [0.25, 0.3) is 0 Å². The molecule has 120 valence electrons. The molecule has 1 heterocycles. The summed E-state index contributed by atoms with van der Waals surface area (Å²) in [5.74, 6) is 1.29. The molecule has 0 radical (unpaired) electrons. The van der Waals surface area contributed by atoms with Crippen molar-refractivity contribution in [2.24, 2.45) is 0 Å². The fourth-order valence-electron chi connectivity index (χ4n) is 2.06. The molecular formula is C18H25ClN2O. The highest BCUT2D eigenvalue weighted by atomic mass is 35.5. The third kappa shape index (κ3) is 6.46. The average Bonchev–Trinajstić information content (AvgIpc) is 2.52. The van der Waals surface area contributed by atoms with Crippen molar-refractivity contribution in [3.8, 4) is 5.88 Å². The Morgan fingerprint density at radius 2 is 1.86 bits per heavy atom. The van der Waals surface area contributed by atoms with E-state index >= 15 is 0 Å². The zero-order valence-electron chi connectivity index (χ0n) is 13.3. The number of hydrogen-bond acceptors (Lipinski definition) is 3. The summed E-state index contributed by atoms with van der Waals surface area (Å²) in [4.78, 5) is 4.12. The van der Waals surface area contributed by atoms with E-state index in [2.05, 4.69) is 48.4 Å². The maximum atomic E-state index is 5.55. The van der Waals surface area contributed by atoms with Crippen molar-refractivity contribution in [3.05, 3.63) is 59.8 Å². The number of benzene rings is 1. The molecule has 0 spiro atoms. The highest BCUT2D eigenvalue weighted by Crippen LogP contribution is 2.14. The van der Waals surface area contributed by atoms with Gasteiger partial charge < -0.3 is 10.1 Å². The van der Waals surface area contributed by atoms with Gasteiger partial charge in [0.25, 0.3) is 0 Å². The molecular weight excluding hydrogens is 296 g/mol. The summed E-state index contributed by atoms with van der Waals surface area (Å²) in [7, 11) is 0. The topological polar surface area (TPSA) is 34.1 Å². The smallest absolute Gasteiger partial charge is 0.213 e. The van der Waals surface area contributed by atoms with Gasteiger partial charge in [-0.25, -0.2) is 4.98 Å². The fraction of sp³-hybridized carbons (Fsp3) is 0.389. The molecule has 22 heavy (non-hydrogen) atoms. The van der Waals surface area contributed by atoms with Crippen LogP contribution in [0.3, 0.4) is 0 Å². The monoisotopic (exact) mass is 320 g/mol. The molecule has 2 rings (SSSR count). The summed E-state index contributed by atoms with van der Waals surface area (Å²) in [6.45, 7) is 6.97. The lowest BCUT2D eigenvalue weighted by Gasteiger charge is -2.08. The predicted molar refractivity (Wildman–Crippen MR) is 93.8 cm³/mol. The number of halogens is 1. The fourth-order valence-corrected chi connectivity index (χ4v) is 2.06. The maximum absolute atomic E-state index is 5.55. The second-order valence-electron chi connectivity index (χ2n) is 5.44. The second-order valence-corrected chi connectivity index (χ2v) is 5.44. The van der Waals surface area contributed by atoms with Crippen LogP contribution in [0.5, 0.6) is 5.88 Å². The summed E-state index contributed by atoms with van der Waals surface area (Å²) in [5.41, 5.74) is 2.72. The molecule has 1 aromatic heterocycles. The van der Waals surface area contributed by atoms with Crippen LogP contribution in [-0.2, 0) is 6.54 Å². The molecule has 0 amide bonds. The molecule has 0 saturated carbocycles. The second kappa shape index (κ2) is 10.2. The standard InChI is InChI=1S/C18H24N2O.ClH/c1-15(2)17-9-7-16(8-10-17)14-19-11-5-13-21-18-6-3-4-12-20-18;/h3-4,6-10,12,15,19H,5,11,13-14H2,1-2H3;1H. The quantitative estimate of drug-likeness (QED) is 0.741. The molecule has 3 nitrogen and oxygen atoms in total. The number of ether oxygens (including phenoxy) is 1. The van der Waals surface area contributed by atoms with Gasteiger partial charge in [-0.3, -0.25) is 0 Å². The molecule has 0 fully saturated rings. The first-order chi connectivity index (χ1) is 10.3. The summed E-state index contributed by atoms with van der Waals surface area (Å²) in [6, 6.07) is 14.5. The van der Waals surface area contributed by atoms with Gasteiger partial charge in [0.15, 0.2) is 0 Å². The lowest BCUT2D eigenvalue weighted by Crippen LogP contribution is -2.17. The molecule has 1 N–H and O–H groups in total. The van der Waals surface area contributed by atoms with Crippen molar-refractivity contribution in [2.45, 2.75) is 32.7 Å². The lowest BCUT2D eigenvalue weighted by atomic mass is 10.0. The van der Waals surface area contributed by atoms with Gasteiger partial charge in [0.2, 0.25) is 5.88 Å². The van der Waals surface area contributed by atoms with Gasteiger partial charge in [-0.1, -0.05) is 44.2 Å². The molecule has 0 aliphatic rings. The van der Waals surface area contributed by atoms with Crippen LogP contribution < -0.4 is 10.1 Å². The molecule has 0 unspecified atom stereocenters. The summed E-state index contributed by atoms with van der Waals surface area (Å²) < 4.78 is 5.55. The minimum Gasteiger partial charge on any atom is -0.478 e. The lowest BCUT2D eigenvalue weighted by molar-refractivity contribution is 0.296. The number of pyridine rings is 1. The Kier molecular flexibility index (Phi) is 8.56. The predicted octanol–water partition coefficient (Wildman–Crippen LogP) is 4.19. The number of nitrogens with zero attached hydrogens (tertiary/aromatic N) is 1. The molecule has 2 aromatic rings. The van der Waals surface area contributed by atoms with E-state index in [0.29, 0.717) is 18.4 Å². The van der Waals surface area contributed by atoms with E-state index < -0.39 is 0 Å². The third-order valence-electron chi connectivity index (χ3n) is 3.36. The van der Waals surface area contributed by atoms with E-state index in [9.17, 15) is 0 Å². The minimum atomic E-state index is 0. The van der Waals surface area contributed by atoms with Gasteiger partial charge >= 0.3 is 0 Å². The number of rotatable bonds is 8. The van der Waals surface area contributed by atoms with Crippen molar-refractivity contribution in [3.63, 3.8) is 0 Å². The maximum Gasteiger partial charge on any atom is 0.213 e. The van der Waals surface area contributed by atoms with Crippen LogP contribution in [0.2, 0.25) is 0 Å². The molecule has 1 aromatic carbocycles. The Bertz CT molecular complexity index is 514. The van der Waals surface area contributed by atoms with Crippen molar-refractivity contribution < 1.29 is 4.74 Å². The first-order valence-electron chi connectivity index (χ1n) is 7.59. The van der Waals surface area contributed by atoms with E-state index in [4.69, 9.17) is 4.74 Å². The van der Waals surface area contributed by atoms with Crippen LogP contribution in [0.15, 0.2) is 48.7 Å². The Hall–Kier alpha value is -1.58. The first-order valence-corrected chi connectivity index (χ1v) is 7.59. The number of aromatic nitrogens is 1. The normalized spacial score (nSPS) is 10.3. The Morgan fingerprint density at radius 1 is 1.09 bits per heavy atom. The van der Waals surface area contributed by atoms with Gasteiger partial charge in [0.1, 0.15) is 0 Å². The van der Waals surface area contributed by atoms with Crippen LogP contribution >= 0.6 is 12.4 Å². The number of hydrogen-bond donors (Lipinski definition) is 1. The zero-order valence-corrected chi connectivity index (χ0v) is 14.1. The third-order valence-corrected chi connectivity index (χ3v) is 3.36. The van der Waals surface area contributed by atoms with Gasteiger partial charge in [-0.05, 0) is 36.1 Å². The molecule has 4 heteroatoms. The van der Waals surface area contributed by atoms with Crippen LogP contribution in [0.1, 0.15) is 37.3 Å². The van der Waals surface area contributed by atoms with E-state index in [1.165, 1.54) is 11.1 Å². The Morgan fingerprint density at radius 3 is 2.50 bits per heavy atom. The van der Waals surface area contributed by atoms with Gasteiger partial charge in [-0.2, -0.15) is 0 Å². The van der Waals surface area contributed by atoms with E-state index in [-0.39, 0.29) is 12.4 Å². The summed E-state index contributed by atoms with van der Waals surface area (Å²) in [6.07, 6.45) is 2.72. The van der Waals surface area contributed by atoms with Crippen molar-refractivity contribution >= 4 is 12.4 Å². The molecule has 0 aliphatic carbocycles. The summed E-state index contributed by atoms with van der Waals surface area (Å²) >= 11 is 0. The highest BCUT2D eigenvalue weighted by molar-refractivity contribution is 5.85. The Balaban J connectivity index is 0.00000242. The first kappa shape index (κ1) is 18.5. The van der Waals surface area contributed by atoms with Crippen molar-refractivity contribution in [1.82, 2.24) is 10.3 Å². The number of nitrogens with one attached hydrogen (secondary N) is 1. The largest absolute Gasteiger partial charge is 0.478 e. The molecule has 0 atom stereocenters. The highest BCUT2D eigenvalue weighted by Gasteiger charge is 1.99. The zero-order chi connectivity index (χ0) is 14.9. The Labute approximate surface area is 139 Å². The summed E-state index contributed by atoms with van der Waals surface area (Å²) in [5, 5.41) is 3.44. The molecule has 0 saturated heterocycles. The average molecular weight is 321 g/mol.